The molecule has 0 aliphatic heterocycles. The molecule has 3 rings (SSSR count). The largest absolute Gasteiger partial charge is 0.304 e. The molecule has 3 aromatic heterocycles. The van der Waals surface area contributed by atoms with Gasteiger partial charge in [0.25, 0.3) is 0 Å². The van der Waals surface area contributed by atoms with Gasteiger partial charge in [-0.1, -0.05) is 6.07 Å². The van der Waals surface area contributed by atoms with Gasteiger partial charge in [-0.25, -0.2) is 9.67 Å². The van der Waals surface area contributed by atoms with Crippen molar-refractivity contribution in [3.63, 3.8) is 0 Å². The molecule has 0 aliphatic carbocycles. The molecule has 0 bridgehead atoms. The van der Waals surface area contributed by atoms with Crippen molar-refractivity contribution in [2.24, 2.45) is 0 Å². The lowest BCUT2D eigenvalue weighted by molar-refractivity contribution is 0.586. The fraction of sp³-hybridized carbons (Fsp3) is 0.400. The molecule has 5 nitrogen and oxygen atoms in total. The summed E-state index contributed by atoms with van der Waals surface area (Å²) in [6.45, 7) is 7.00. The van der Waals surface area contributed by atoms with Crippen LogP contribution in [0.3, 0.4) is 0 Å². The van der Waals surface area contributed by atoms with Gasteiger partial charge in [0.15, 0.2) is 5.65 Å². The number of halogens is 1. The van der Waals surface area contributed by atoms with Crippen LogP contribution in [-0.2, 0) is 12.4 Å². The predicted octanol–water partition coefficient (Wildman–Crippen LogP) is 3.30. The lowest BCUT2D eigenvalue weighted by Crippen LogP contribution is -2.13. The second-order valence-corrected chi connectivity index (χ2v) is 5.33. The summed E-state index contributed by atoms with van der Waals surface area (Å²) in [6.07, 6.45) is 3.66. The number of alkyl halides is 1. The summed E-state index contributed by atoms with van der Waals surface area (Å²) in [7, 11) is 0. The molecule has 0 aromatic carbocycles. The molecule has 0 fully saturated rings. The highest BCUT2D eigenvalue weighted by Crippen LogP contribution is 2.28. The third-order valence-corrected chi connectivity index (χ3v) is 4.03. The molecule has 1 atom stereocenters. The van der Waals surface area contributed by atoms with E-state index in [0.29, 0.717) is 5.88 Å². The lowest BCUT2D eigenvalue weighted by Gasteiger charge is -2.17. The van der Waals surface area contributed by atoms with Gasteiger partial charge in [-0.2, -0.15) is 5.10 Å². The van der Waals surface area contributed by atoms with E-state index >= 15 is 0 Å². The highest BCUT2D eigenvalue weighted by molar-refractivity contribution is 6.16. The molecule has 0 spiro atoms. The van der Waals surface area contributed by atoms with E-state index in [9.17, 15) is 0 Å². The molecule has 3 aromatic rings. The summed E-state index contributed by atoms with van der Waals surface area (Å²) in [5.74, 6) is 1.24. The average molecular weight is 304 g/mol. The standard InChI is InChI=1S/C15H18ClN5/c1-4-20-15-14(10(2)19-20)18-13(8-16)21(15)11(3)12-6-5-7-17-9-12/h5-7,9,11H,4,8H2,1-3H3. The van der Waals surface area contributed by atoms with Crippen molar-refractivity contribution in [2.75, 3.05) is 0 Å². The SMILES string of the molecule is CCn1nc(C)c2nc(CCl)n(C(C)c3cccnc3)c21. The van der Waals surface area contributed by atoms with Crippen LogP contribution in [0.1, 0.15) is 37.0 Å². The van der Waals surface area contributed by atoms with E-state index in [2.05, 4.69) is 39.5 Å². The van der Waals surface area contributed by atoms with Gasteiger partial charge in [-0.15, -0.1) is 11.6 Å². The Balaban J connectivity index is 2.25. The summed E-state index contributed by atoms with van der Waals surface area (Å²) >= 11 is 6.11. The molecule has 1 unspecified atom stereocenters. The van der Waals surface area contributed by atoms with E-state index in [0.717, 1.165) is 34.8 Å². The molecule has 3 heterocycles. The Morgan fingerprint density at radius 3 is 2.81 bits per heavy atom. The minimum absolute atomic E-state index is 0.110. The van der Waals surface area contributed by atoms with Crippen LogP contribution in [0.5, 0.6) is 0 Å². The predicted molar refractivity (Wildman–Crippen MR) is 83.5 cm³/mol. The van der Waals surface area contributed by atoms with Crippen molar-refractivity contribution >= 4 is 22.8 Å². The van der Waals surface area contributed by atoms with Crippen molar-refractivity contribution in [3.05, 3.63) is 41.6 Å². The molecule has 0 saturated carbocycles. The van der Waals surface area contributed by atoms with E-state index in [1.165, 1.54) is 0 Å². The maximum Gasteiger partial charge on any atom is 0.159 e. The zero-order valence-corrected chi connectivity index (χ0v) is 13.2. The molecular weight excluding hydrogens is 286 g/mol. The van der Waals surface area contributed by atoms with E-state index in [4.69, 9.17) is 11.6 Å². The molecular formula is C15H18ClN5. The smallest absolute Gasteiger partial charge is 0.159 e. The topological polar surface area (TPSA) is 48.5 Å². The van der Waals surface area contributed by atoms with E-state index < -0.39 is 0 Å². The summed E-state index contributed by atoms with van der Waals surface area (Å²) in [4.78, 5) is 8.88. The van der Waals surface area contributed by atoms with Crippen LogP contribution in [-0.4, -0.2) is 24.3 Å². The third-order valence-electron chi connectivity index (χ3n) is 3.79. The highest BCUT2D eigenvalue weighted by atomic mass is 35.5. The third kappa shape index (κ3) is 2.21. The summed E-state index contributed by atoms with van der Waals surface area (Å²) in [5.41, 5.74) is 4.03. The molecule has 21 heavy (non-hydrogen) atoms. The number of aromatic nitrogens is 5. The van der Waals surface area contributed by atoms with Gasteiger partial charge in [-0.3, -0.25) is 4.98 Å². The summed E-state index contributed by atoms with van der Waals surface area (Å²) < 4.78 is 4.16. The van der Waals surface area contributed by atoms with E-state index in [1.807, 2.05) is 23.9 Å². The first-order chi connectivity index (χ1) is 10.2. The zero-order chi connectivity index (χ0) is 15.0. The molecule has 0 N–H and O–H groups in total. The van der Waals surface area contributed by atoms with Crippen LogP contribution in [0.2, 0.25) is 0 Å². The maximum atomic E-state index is 6.11. The molecule has 0 saturated heterocycles. The second kappa shape index (κ2) is 5.48. The number of nitrogens with zero attached hydrogens (tertiary/aromatic N) is 5. The fourth-order valence-electron chi connectivity index (χ4n) is 2.73. The van der Waals surface area contributed by atoms with Crippen LogP contribution in [0.25, 0.3) is 11.2 Å². The number of fused-ring (bicyclic) bond motifs is 1. The van der Waals surface area contributed by atoms with Gasteiger partial charge < -0.3 is 4.57 Å². The monoisotopic (exact) mass is 303 g/mol. The Kier molecular flexibility index (Phi) is 3.68. The first kappa shape index (κ1) is 14.1. The summed E-state index contributed by atoms with van der Waals surface area (Å²) in [5, 5.41) is 4.56. The quantitative estimate of drug-likeness (QED) is 0.695. The Labute approximate surface area is 128 Å². The number of hydrogen-bond acceptors (Lipinski definition) is 3. The van der Waals surface area contributed by atoms with Crippen LogP contribution >= 0.6 is 11.6 Å². The number of rotatable bonds is 4. The summed E-state index contributed by atoms with van der Waals surface area (Å²) in [6, 6.07) is 4.13. The minimum atomic E-state index is 0.110. The number of imidazole rings is 1. The Hall–Kier alpha value is -1.88. The first-order valence-corrected chi connectivity index (χ1v) is 7.60. The van der Waals surface area contributed by atoms with E-state index in [-0.39, 0.29) is 6.04 Å². The maximum absolute atomic E-state index is 6.11. The van der Waals surface area contributed by atoms with Crippen LogP contribution < -0.4 is 0 Å². The molecule has 110 valence electrons. The van der Waals surface area contributed by atoms with Crippen molar-refractivity contribution < 1.29 is 0 Å². The minimum Gasteiger partial charge on any atom is -0.304 e. The van der Waals surface area contributed by atoms with Gasteiger partial charge in [-0.05, 0) is 32.4 Å². The molecule has 6 heteroatoms. The first-order valence-electron chi connectivity index (χ1n) is 7.07. The van der Waals surface area contributed by atoms with Crippen LogP contribution in [0.4, 0.5) is 0 Å². The second-order valence-electron chi connectivity index (χ2n) is 5.07. The van der Waals surface area contributed by atoms with Crippen molar-refractivity contribution in [1.29, 1.82) is 0 Å². The Morgan fingerprint density at radius 2 is 2.19 bits per heavy atom. The Bertz CT molecular complexity index is 759. The normalized spacial score (nSPS) is 13.0. The lowest BCUT2D eigenvalue weighted by atomic mass is 10.1. The van der Waals surface area contributed by atoms with Crippen LogP contribution in [0, 0.1) is 6.92 Å². The van der Waals surface area contributed by atoms with Crippen molar-refractivity contribution in [2.45, 2.75) is 39.2 Å². The fourth-order valence-corrected chi connectivity index (χ4v) is 2.92. The zero-order valence-electron chi connectivity index (χ0n) is 12.4. The molecule has 0 aliphatic rings. The number of pyridine rings is 1. The molecule has 0 amide bonds. The number of hydrogen-bond donors (Lipinski definition) is 0. The average Bonchev–Trinajstić information content (AvgIpc) is 3.05. The van der Waals surface area contributed by atoms with Gasteiger partial charge in [0.2, 0.25) is 0 Å². The van der Waals surface area contributed by atoms with Crippen LogP contribution in [0.15, 0.2) is 24.5 Å². The van der Waals surface area contributed by atoms with Gasteiger partial charge in [0, 0.05) is 18.9 Å². The van der Waals surface area contributed by atoms with Gasteiger partial charge in [0.1, 0.15) is 11.3 Å². The number of aryl methyl sites for hydroxylation is 2. The molecule has 0 radical (unpaired) electrons. The van der Waals surface area contributed by atoms with Gasteiger partial charge in [0.05, 0.1) is 17.6 Å². The van der Waals surface area contributed by atoms with E-state index in [1.54, 1.807) is 6.20 Å². The highest BCUT2D eigenvalue weighted by Gasteiger charge is 2.22. The van der Waals surface area contributed by atoms with Gasteiger partial charge >= 0.3 is 0 Å². The van der Waals surface area contributed by atoms with Crippen molar-refractivity contribution in [3.8, 4) is 0 Å². The van der Waals surface area contributed by atoms with Crippen molar-refractivity contribution in [1.82, 2.24) is 24.3 Å². The Morgan fingerprint density at radius 1 is 1.38 bits per heavy atom.